The van der Waals surface area contributed by atoms with Crippen LogP contribution in [0.3, 0.4) is 0 Å². The third kappa shape index (κ3) is 3.61. The SMILES string of the molecule is CCNC(Cc1nnn(C)n1)c1cc(C)cc(C)c1. The first kappa shape index (κ1) is 13.7. The van der Waals surface area contributed by atoms with Crippen LogP contribution in [-0.4, -0.2) is 26.8 Å². The highest BCUT2D eigenvalue weighted by Crippen LogP contribution is 2.19. The highest BCUT2D eigenvalue weighted by atomic mass is 15.6. The predicted octanol–water partition coefficient (Wildman–Crippen LogP) is 1.72. The van der Waals surface area contributed by atoms with Crippen LogP contribution in [0.15, 0.2) is 18.2 Å². The molecule has 2 aromatic rings. The molecule has 0 amide bonds. The zero-order chi connectivity index (χ0) is 13.8. The molecule has 0 spiro atoms. The molecule has 0 radical (unpaired) electrons. The second-order valence-electron chi connectivity index (χ2n) is 4.93. The molecule has 0 bridgehead atoms. The summed E-state index contributed by atoms with van der Waals surface area (Å²) in [4.78, 5) is 1.50. The minimum absolute atomic E-state index is 0.229. The normalized spacial score (nSPS) is 12.6. The summed E-state index contributed by atoms with van der Waals surface area (Å²) in [5.74, 6) is 0.771. The quantitative estimate of drug-likeness (QED) is 0.888. The maximum absolute atomic E-state index is 4.26. The van der Waals surface area contributed by atoms with Gasteiger partial charge in [-0.2, -0.15) is 4.80 Å². The van der Waals surface area contributed by atoms with Crippen molar-refractivity contribution < 1.29 is 0 Å². The number of likely N-dealkylation sites (N-methyl/N-ethyl adjacent to an activating group) is 1. The van der Waals surface area contributed by atoms with Gasteiger partial charge in [-0.15, -0.1) is 10.2 Å². The second-order valence-corrected chi connectivity index (χ2v) is 4.93. The van der Waals surface area contributed by atoms with E-state index >= 15 is 0 Å². The van der Waals surface area contributed by atoms with E-state index in [1.54, 1.807) is 7.05 Å². The van der Waals surface area contributed by atoms with Crippen LogP contribution >= 0.6 is 0 Å². The van der Waals surface area contributed by atoms with Crippen molar-refractivity contribution in [2.24, 2.45) is 7.05 Å². The maximum atomic E-state index is 4.26. The van der Waals surface area contributed by atoms with Crippen LogP contribution in [0.4, 0.5) is 0 Å². The Morgan fingerprint density at radius 2 is 1.89 bits per heavy atom. The monoisotopic (exact) mass is 259 g/mol. The summed E-state index contributed by atoms with van der Waals surface area (Å²) < 4.78 is 0. The maximum Gasteiger partial charge on any atom is 0.176 e. The van der Waals surface area contributed by atoms with E-state index in [-0.39, 0.29) is 6.04 Å². The molecule has 0 fully saturated rings. The van der Waals surface area contributed by atoms with Crippen molar-refractivity contribution in [3.8, 4) is 0 Å². The van der Waals surface area contributed by atoms with Gasteiger partial charge in [0.15, 0.2) is 5.82 Å². The van der Waals surface area contributed by atoms with Gasteiger partial charge in [0, 0.05) is 12.5 Å². The highest BCUT2D eigenvalue weighted by Gasteiger charge is 2.14. The molecule has 5 heteroatoms. The van der Waals surface area contributed by atoms with Crippen molar-refractivity contribution in [1.82, 2.24) is 25.5 Å². The van der Waals surface area contributed by atoms with Gasteiger partial charge in [-0.1, -0.05) is 36.2 Å². The summed E-state index contributed by atoms with van der Waals surface area (Å²) in [6.45, 7) is 7.28. The molecule has 0 aliphatic heterocycles. The van der Waals surface area contributed by atoms with E-state index in [4.69, 9.17) is 0 Å². The summed E-state index contributed by atoms with van der Waals surface area (Å²) in [5.41, 5.74) is 3.85. The van der Waals surface area contributed by atoms with E-state index in [0.717, 1.165) is 18.8 Å². The third-order valence-corrected chi connectivity index (χ3v) is 3.03. The fraction of sp³-hybridized carbons (Fsp3) is 0.500. The number of benzene rings is 1. The lowest BCUT2D eigenvalue weighted by Gasteiger charge is -2.18. The number of tetrazole rings is 1. The molecule has 0 saturated carbocycles. The van der Waals surface area contributed by atoms with Crippen LogP contribution in [0.1, 0.15) is 35.5 Å². The molecule has 102 valence electrons. The summed E-state index contributed by atoms with van der Waals surface area (Å²) >= 11 is 0. The molecule has 2 rings (SSSR count). The van der Waals surface area contributed by atoms with Gasteiger partial charge < -0.3 is 5.32 Å². The Labute approximate surface area is 114 Å². The van der Waals surface area contributed by atoms with Gasteiger partial charge in [-0.25, -0.2) is 0 Å². The minimum atomic E-state index is 0.229. The van der Waals surface area contributed by atoms with Crippen LogP contribution < -0.4 is 5.32 Å². The number of nitrogens with zero attached hydrogens (tertiary/aromatic N) is 4. The highest BCUT2D eigenvalue weighted by molar-refractivity contribution is 5.31. The number of hydrogen-bond donors (Lipinski definition) is 1. The summed E-state index contributed by atoms with van der Waals surface area (Å²) in [6, 6.07) is 6.85. The largest absolute Gasteiger partial charge is 0.310 e. The van der Waals surface area contributed by atoms with Crippen LogP contribution in [0, 0.1) is 13.8 Å². The second kappa shape index (κ2) is 5.93. The molecule has 19 heavy (non-hydrogen) atoms. The Morgan fingerprint density at radius 1 is 1.21 bits per heavy atom. The average molecular weight is 259 g/mol. The molecule has 0 aliphatic carbocycles. The molecule has 1 aromatic carbocycles. The molecule has 5 nitrogen and oxygen atoms in total. The number of aryl methyl sites for hydroxylation is 3. The topological polar surface area (TPSA) is 55.6 Å². The number of rotatable bonds is 5. The standard InChI is InChI=1S/C14H21N5/c1-5-15-13(9-14-16-18-19(4)17-14)12-7-10(2)6-11(3)8-12/h6-8,13,15H,5,9H2,1-4H3. The Balaban J connectivity index is 2.23. The number of hydrogen-bond acceptors (Lipinski definition) is 4. The molecular formula is C14H21N5. The zero-order valence-electron chi connectivity index (χ0n) is 12.0. The third-order valence-electron chi connectivity index (χ3n) is 3.03. The summed E-state index contributed by atoms with van der Waals surface area (Å²) in [7, 11) is 1.79. The van der Waals surface area contributed by atoms with E-state index in [0.29, 0.717) is 0 Å². The van der Waals surface area contributed by atoms with Gasteiger partial charge in [0.2, 0.25) is 0 Å². The molecular weight excluding hydrogens is 238 g/mol. The zero-order valence-corrected chi connectivity index (χ0v) is 12.0. The Bertz CT molecular complexity index is 526. The van der Waals surface area contributed by atoms with E-state index < -0.39 is 0 Å². The minimum Gasteiger partial charge on any atom is -0.310 e. The molecule has 1 aromatic heterocycles. The van der Waals surface area contributed by atoms with Gasteiger partial charge in [0.1, 0.15) is 0 Å². The molecule has 0 saturated heterocycles. The van der Waals surface area contributed by atoms with Crippen molar-refractivity contribution >= 4 is 0 Å². The van der Waals surface area contributed by atoms with E-state index in [2.05, 4.69) is 59.7 Å². The Hall–Kier alpha value is -1.75. The molecule has 1 N–H and O–H groups in total. The summed E-state index contributed by atoms with van der Waals surface area (Å²) in [6.07, 6.45) is 0.755. The fourth-order valence-electron chi connectivity index (χ4n) is 2.35. The lowest BCUT2D eigenvalue weighted by Crippen LogP contribution is -2.23. The molecule has 0 aliphatic rings. The van der Waals surface area contributed by atoms with Crippen LogP contribution in [-0.2, 0) is 13.5 Å². The van der Waals surface area contributed by atoms with Crippen molar-refractivity contribution in [3.63, 3.8) is 0 Å². The van der Waals surface area contributed by atoms with Crippen molar-refractivity contribution in [1.29, 1.82) is 0 Å². The average Bonchev–Trinajstić information content (AvgIpc) is 2.73. The predicted molar refractivity (Wildman–Crippen MR) is 74.8 cm³/mol. The van der Waals surface area contributed by atoms with Gasteiger partial charge in [0.25, 0.3) is 0 Å². The van der Waals surface area contributed by atoms with E-state index in [1.165, 1.54) is 21.5 Å². The first-order valence-corrected chi connectivity index (χ1v) is 6.63. The Kier molecular flexibility index (Phi) is 4.27. The van der Waals surface area contributed by atoms with Crippen molar-refractivity contribution in [2.45, 2.75) is 33.2 Å². The van der Waals surface area contributed by atoms with E-state index in [9.17, 15) is 0 Å². The van der Waals surface area contributed by atoms with Gasteiger partial charge in [-0.3, -0.25) is 0 Å². The number of aromatic nitrogens is 4. The fourth-order valence-corrected chi connectivity index (χ4v) is 2.35. The lowest BCUT2D eigenvalue weighted by atomic mass is 9.99. The molecule has 1 heterocycles. The van der Waals surface area contributed by atoms with Gasteiger partial charge >= 0.3 is 0 Å². The lowest BCUT2D eigenvalue weighted by molar-refractivity contribution is 0.534. The van der Waals surface area contributed by atoms with Crippen LogP contribution in [0.25, 0.3) is 0 Å². The van der Waals surface area contributed by atoms with Gasteiger partial charge in [-0.05, 0) is 31.2 Å². The smallest absolute Gasteiger partial charge is 0.176 e. The Morgan fingerprint density at radius 3 is 2.42 bits per heavy atom. The first-order chi connectivity index (χ1) is 9.08. The van der Waals surface area contributed by atoms with Crippen LogP contribution in [0.2, 0.25) is 0 Å². The van der Waals surface area contributed by atoms with Crippen molar-refractivity contribution in [3.05, 3.63) is 40.7 Å². The number of nitrogens with one attached hydrogen (secondary N) is 1. The van der Waals surface area contributed by atoms with Gasteiger partial charge in [0.05, 0.1) is 7.05 Å². The molecule has 1 atom stereocenters. The van der Waals surface area contributed by atoms with Crippen LogP contribution in [0.5, 0.6) is 0 Å². The van der Waals surface area contributed by atoms with Crippen molar-refractivity contribution in [2.75, 3.05) is 6.54 Å². The first-order valence-electron chi connectivity index (χ1n) is 6.63. The summed E-state index contributed by atoms with van der Waals surface area (Å²) in [5, 5.41) is 15.7. The van der Waals surface area contributed by atoms with E-state index in [1.807, 2.05) is 0 Å². The molecule has 1 unspecified atom stereocenters.